The lowest BCUT2D eigenvalue weighted by Gasteiger charge is -2.06. The van der Waals surface area contributed by atoms with Crippen LogP contribution in [0.1, 0.15) is 79.1 Å². The lowest BCUT2D eigenvalue weighted by molar-refractivity contribution is -0.143. The van der Waals surface area contributed by atoms with Gasteiger partial charge in [-0.1, -0.05) is 53.4 Å². The number of rotatable bonds is 10. The lowest BCUT2D eigenvalue weighted by atomic mass is 10.00. The summed E-state index contributed by atoms with van der Waals surface area (Å²) in [6.45, 7) is 8.01. The van der Waals surface area contributed by atoms with Gasteiger partial charge >= 0.3 is 35.0 Å². The van der Waals surface area contributed by atoms with Crippen molar-refractivity contribution in [3.63, 3.8) is 0 Å². The SMILES string of the molecule is CCCCC(CC)C(=O)O.CCCCC(CC)C(=O)O.[MgH2]. The molecule has 0 aliphatic carbocycles. The van der Waals surface area contributed by atoms with Crippen LogP contribution in [-0.4, -0.2) is 45.2 Å². The van der Waals surface area contributed by atoms with E-state index >= 15 is 0 Å². The first-order valence-electron chi connectivity index (χ1n) is 7.89. The summed E-state index contributed by atoms with van der Waals surface area (Å²) in [6.07, 6.45) is 7.43. The first-order chi connectivity index (χ1) is 9.44. The predicted molar refractivity (Wildman–Crippen MR) is 90.4 cm³/mol. The van der Waals surface area contributed by atoms with E-state index in [1.54, 1.807) is 0 Å². The summed E-state index contributed by atoms with van der Waals surface area (Å²) in [4.78, 5) is 20.9. The van der Waals surface area contributed by atoms with Crippen LogP contribution in [-0.2, 0) is 9.59 Å². The predicted octanol–water partition coefficient (Wildman–Crippen LogP) is 3.66. The van der Waals surface area contributed by atoms with Crippen molar-refractivity contribution in [2.75, 3.05) is 0 Å². The van der Waals surface area contributed by atoms with E-state index in [-0.39, 0.29) is 34.9 Å². The number of aliphatic carboxylic acids is 2. The number of hydrogen-bond acceptors (Lipinski definition) is 2. The summed E-state index contributed by atoms with van der Waals surface area (Å²) in [5, 5.41) is 17.2. The molecule has 0 radical (unpaired) electrons. The molecule has 2 atom stereocenters. The number of hydrogen-bond donors (Lipinski definition) is 2. The van der Waals surface area contributed by atoms with Crippen molar-refractivity contribution in [1.29, 1.82) is 0 Å². The van der Waals surface area contributed by atoms with Crippen LogP contribution >= 0.6 is 0 Å². The van der Waals surface area contributed by atoms with E-state index in [0.29, 0.717) is 0 Å². The van der Waals surface area contributed by atoms with Gasteiger partial charge in [0.25, 0.3) is 0 Å². The van der Waals surface area contributed by atoms with E-state index in [9.17, 15) is 9.59 Å². The second-order valence-electron chi connectivity index (χ2n) is 5.17. The first-order valence-corrected chi connectivity index (χ1v) is 7.89. The van der Waals surface area contributed by atoms with E-state index in [0.717, 1.165) is 51.4 Å². The van der Waals surface area contributed by atoms with Gasteiger partial charge < -0.3 is 10.2 Å². The Morgan fingerprint density at radius 2 is 1.05 bits per heavy atom. The third-order valence-corrected chi connectivity index (χ3v) is 3.50. The molecule has 0 aromatic rings. The summed E-state index contributed by atoms with van der Waals surface area (Å²) in [5.74, 6) is -1.51. The Bertz CT molecular complexity index is 231. The van der Waals surface area contributed by atoms with Crippen LogP contribution in [0.2, 0.25) is 0 Å². The molecule has 21 heavy (non-hydrogen) atoms. The zero-order valence-electron chi connectivity index (χ0n) is 13.5. The topological polar surface area (TPSA) is 74.6 Å². The molecule has 0 aromatic carbocycles. The Labute approximate surface area is 145 Å². The van der Waals surface area contributed by atoms with Crippen molar-refractivity contribution in [3.8, 4) is 0 Å². The molecule has 0 saturated heterocycles. The molecule has 2 N–H and O–H groups in total. The highest BCUT2D eigenvalue weighted by atomic mass is 24.3. The minimum absolute atomic E-state index is 0. The Hall–Kier alpha value is -0.294. The average Bonchev–Trinajstić information content (AvgIpc) is 2.40. The second-order valence-corrected chi connectivity index (χ2v) is 5.17. The van der Waals surface area contributed by atoms with Gasteiger partial charge in [-0.25, -0.2) is 0 Å². The van der Waals surface area contributed by atoms with Gasteiger partial charge in [-0.05, 0) is 25.7 Å². The molecule has 2 unspecified atom stereocenters. The Balaban J connectivity index is -0.000000295. The third-order valence-electron chi connectivity index (χ3n) is 3.50. The fourth-order valence-corrected chi connectivity index (χ4v) is 1.91. The summed E-state index contributed by atoms with van der Waals surface area (Å²) in [7, 11) is 0. The van der Waals surface area contributed by atoms with Crippen molar-refractivity contribution in [2.45, 2.75) is 79.1 Å². The van der Waals surface area contributed by atoms with Crippen LogP contribution in [0.5, 0.6) is 0 Å². The molecule has 0 saturated carbocycles. The van der Waals surface area contributed by atoms with Gasteiger partial charge in [-0.15, -0.1) is 0 Å². The number of carboxylic acids is 2. The third kappa shape index (κ3) is 15.9. The zero-order valence-corrected chi connectivity index (χ0v) is 13.5. The van der Waals surface area contributed by atoms with E-state index in [4.69, 9.17) is 10.2 Å². The fourth-order valence-electron chi connectivity index (χ4n) is 1.91. The molecular formula is C16H34MgO4. The molecule has 0 fully saturated rings. The summed E-state index contributed by atoms with van der Waals surface area (Å²) in [6, 6.07) is 0. The quantitative estimate of drug-likeness (QED) is 0.603. The highest BCUT2D eigenvalue weighted by Gasteiger charge is 2.13. The van der Waals surface area contributed by atoms with Crippen molar-refractivity contribution >= 4 is 35.0 Å². The van der Waals surface area contributed by atoms with E-state index in [1.165, 1.54) is 0 Å². The fraction of sp³-hybridized carbons (Fsp3) is 0.875. The monoisotopic (exact) mass is 314 g/mol. The molecule has 0 aromatic heterocycles. The summed E-state index contributed by atoms with van der Waals surface area (Å²) >= 11 is 0. The maximum Gasteiger partial charge on any atom is 0.316 e. The molecule has 124 valence electrons. The van der Waals surface area contributed by atoms with E-state index < -0.39 is 11.9 Å². The van der Waals surface area contributed by atoms with Gasteiger partial charge in [0, 0.05) is 0 Å². The number of unbranched alkanes of at least 4 members (excludes halogenated alkanes) is 2. The van der Waals surface area contributed by atoms with Gasteiger partial charge in [0.05, 0.1) is 11.8 Å². The maximum absolute atomic E-state index is 10.4. The first kappa shape index (κ1) is 25.6. The minimum Gasteiger partial charge on any atom is -0.481 e. The molecule has 0 aliphatic heterocycles. The van der Waals surface area contributed by atoms with Gasteiger partial charge in [0.15, 0.2) is 0 Å². The van der Waals surface area contributed by atoms with Gasteiger partial charge in [-0.3, -0.25) is 9.59 Å². The smallest absolute Gasteiger partial charge is 0.316 e. The molecule has 4 nitrogen and oxygen atoms in total. The highest BCUT2D eigenvalue weighted by Crippen LogP contribution is 2.12. The molecule has 0 amide bonds. The maximum atomic E-state index is 10.4. The van der Waals surface area contributed by atoms with E-state index in [2.05, 4.69) is 13.8 Å². The molecule has 5 heteroatoms. The molecule has 0 aliphatic rings. The number of carboxylic acid groups (broad SMARTS) is 2. The van der Waals surface area contributed by atoms with Crippen LogP contribution in [0, 0.1) is 11.8 Å². The van der Waals surface area contributed by atoms with Crippen LogP contribution in [0.25, 0.3) is 0 Å². The second kappa shape index (κ2) is 17.8. The Kier molecular flexibility index (Phi) is 21.7. The van der Waals surface area contributed by atoms with Crippen molar-refractivity contribution in [1.82, 2.24) is 0 Å². The van der Waals surface area contributed by atoms with Crippen molar-refractivity contribution < 1.29 is 19.8 Å². The van der Waals surface area contributed by atoms with Gasteiger partial charge in [0.2, 0.25) is 0 Å². The molecule has 0 spiro atoms. The lowest BCUT2D eigenvalue weighted by Crippen LogP contribution is -2.11. The van der Waals surface area contributed by atoms with Gasteiger partial charge in [-0.2, -0.15) is 0 Å². The molecular weight excluding hydrogens is 280 g/mol. The van der Waals surface area contributed by atoms with Gasteiger partial charge in [0.1, 0.15) is 0 Å². The number of carbonyl (C=O) groups is 2. The normalized spacial score (nSPS) is 12.4. The van der Waals surface area contributed by atoms with Crippen LogP contribution in [0.4, 0.5) is 0 Å². The van der Waals surface area contributed by atoms with E-state index in [1.807, 2.05) is 13.8 Å². The standard InChI is InChI=1S/2C8H16O2.Mg.2H/c2*1-3-5-6-7(4-2)8(9)10;;;/h2*7H,3-6H2,1-2H3,(H,9,10);;;. The van der Waals surface area contributed by atoms with Crippen LogP contribution in [0.15, 0.2) is 0 Å². The highest BCUT2D eigenvalue weighted by molar-refractivity contribution is 5.75. The molecule has 0 heterocycles. The molecule has 0 rings (SSSR count). The molecule has 0 bridgehead atoms. The Morgan fingerprint density at radius 3 is 1.19 bits per heavy atom. The van der Waals surface area contributed by atoms with Crippen LogP contribution in [0.3, 0.4) is 0 Å². The largest absolute Gasteiger partial charge is 0.481 e. The van der Waals surface area contributed by atoms with Crippen molar-refractivity contribution in [3.05, 3.63) is 0 Å². The summed E-state index contributed by atoms with van der Waals surface area (Å²) < 4.78 is 0. The summed E-state index contributed by atoms with van der Waals surface area (Å²) in [5.41, 5.74) is 0. The van der Waals surface area contributed by atoms with Crippen molar-refractivity contribution in [2.24, 2.45) is 11.8 Å². The zero-order chi connectivity index (χ0) is 16.0. The average molecular weight is 315 g/mol. The minimum atomic E-state index is -0.643. The van der Waals surface area contributed by atoms with Crippen LogP contribution < -0.4 is 0 Å². The Morgan fingerprint density at radius 1 is 0.762 bits per heavy atom.